The number of amides is 2. The molecule has 0 aromatic heterocycles. The molecular weight excluding hydrogens is 707 g/mol. The Kier molecular flexibility index (Phi) is 36.6. The molecule has 0 saturated heterocycles. The molecule has 12 heteroatoms. The molecular formula is C42H81N2O9P. The number of nitrogens with one attached hydrogen (secondary N) is 1. The number of unbranched alkanes of at least 4 members (excludes halogenated alkanes) is 24. The second-order valence-corrected chi connectivity index (χ2v) is 16.7. The van der Waals surface area contributed by atoms with Gasteiger partial charge in [0.25, 0.3) is 0 Å². The maximum absolute atomic E-state index is 12.7. The van der Waals surface area contributed by atoms with E-state index in [2.05, 4.69) is 25.5 Å². The van der Waals surface area contributed by atoms with Gasteiger partial charge >= 0.3 is 11.9 Å². The van der Waals surface area contributed by atoms with Crippen molar-refractivity contribution >= 4 is 37.6 Å². The van der Waals surface area contributed by atoms with E-state index in [4.69, 9.17) is 24.3 Å². The molecule has 0 saturated carbocycles. The molecule has 0 aromatic carbocycles. The van der Waals surface area contributed by atoms with Crippen LogP contribution in [0.25, 0.3) is 0 Å². The van der Waals surface area contributed by atoms with E-state index >= 15 is 0 Å². The van der Waals surface area contributed by atoms with Gasteiger partial charge in [-0.05, 0) is 19.1 Å². The number of nitrogens with two attached hydrogens (primary N) is 1. The van der Waals surface area contributed by atoms with Gasteiger partial charge in [-0.3, -0.25) is 19.2 Å². The lowest BCUT2D eigenvalue weighted by atomic mass is 10.0. The van der Waals surface area contributed by atoms with Gasteiger partial charge in [0.15, 0.2) is 6.10 Å². The predicted molar refractivity (Wildman–Crippen MR) is 221 cm³/mol. The Labute approximate surface area is 329 Å². The summed E-state index contributed by atoms with van der Waals surface area (Å²) in [6.45, 7) is 4.00. The van der Waals surface area contributed by atoms with Crippen molar-refractivity contribution in [1.82, 2.24) is 5.32 Å². The third-order valence-corrected chi connectivity index (χ3v) is 10.6. The molecule has 54 heavy (non-hydrogen) atoms. The van der Waals surface area contributed by atoms with E-state index in [0.717, 1.165) is 32.1 Å². The normalized spacial score (nSPS) is 12.9. The summed E-state index contributed by atoms with van der Waals surface area (Å²) in [5, 5.41) is 2.56. The monoisotopic (exact) mass is 789 g/mol. The molecule has 0 aliphatic carbocycles. The third kappa shape index (κ3) is 38.3. The first-order valence-electron chi connectivity index (χ1n) is 21.7. The second-order valence-electron chi connectivity index (χ2n) is 14.9. The van der Waals surface area contributed by atoms with Crippen molar-refractivity contribution in [3.05, 3.63) is 0 Å². The highest BCUT2D eigenvalue weighted by atomic mass is 31.2. The zero-order valence-electron chi connectivity index (χ0n) is 34.6. The largest absolute Gasteiger partial charge is 0.462 e. The molecule has 318 valence electrons. The lowest BCUT2D eigenvalue weighted by Gasteiger charge is -2.23. The Morgan fingerprint density at radius 1 is 0.574 bits per heavy atom. The van der Waals surface area contributed by atoms with Crippen LogP contribution in [0.1, 0.15) is 206 Å². The van der Waals surface area contributed by atoms with Gasteiger partial charge in [-0.2, -0.15) is 0 Å². The zero-order valence-corrected chi connectivity index (χ0v) is 35.5. The molecule has 0 fully saturated rings. The summed E-state index contributed by atoms with van der Waals surface area (Å²) in [5.74, 6) is -1.72. The highest BCUT2D eigenvalue weighted by Gasteiger charge is 2.22. The van der Waals surface area contributed by atoms with Crippen molar-refractivity contribution in [2.24, 2.45) is 5.73 Å². The van der Waals surface area contributed by atoms with Crippen molar-refractivity contribution in [1.29, 1.82) is 0 Å². The topological polar surface area (TPSA) is 163 Å². The van der Waals surface area contributed by atoms with Crippen molar-refractivity contribution < 1.29 is 42.6 Å². The number of ether oxygens (including phenoxy) is 2. The fourth-order valence-corrected chi connectivity index (χ4v) is 6.98. The van der Waals surface area contributed by atoms with Crippen LogP contribution in [0.5, 0.6) is 0 Å². The summed E-state index contributed by atoms with van der Waals surface area (Å²) in [6, 6.07) is 0. The van der Waals surface area contributed by atoms with E-state index in [1.54, 1.807) is 0 Å². The number of primary amides is 1. The molecule has 2 amide bonds. The molecule has 0 aliphatic heterocycles. The summed E-state index contributed by atoms with van der Waals surface area (Å²) >= 11 is 0. The zero-order chi connectivity index (χ0) is 40.0. The van der Waals surface area contributed by atoms with Crippen molar-refractivity contribution in [3.8, 4) is 0 Å². The molecule has 0 radical (unpaired) electrons. The highest BCUT2D eigenvalue weighted by molar-refractivity contribution is 7.58. The van der Waals surface area contributed by atoms with Crippen LogP contribution in [0.4, 0.5) is 0 Å². The molecule has 2 atom stereocenters. The minimum absolute atomic E-state index is 0.0416. The van der Waals surface area contributed by atoms with Gasteiger partial charge < -0.3 is 34.5 Å². The Morgan fingerprint density at radius 2 is 0.981 bits per heavy atom. The molecule has 2 unspecified atom stereocenters. The van der Waals surface area contributed by atoms with Crippen molar-refractivity contribution in [2.45, 2.75) is 213 Å². The summed E-state index contributed by atoms with van der Waals surface area (Å²) < 4.78 is 21.9. The van der Waals surface area contributed by atoms with Gasteiger partial charge in [-0.25, -0.2) is 0 Å². The molecule has 4 N–H and O–H groups in total. The number of rotatable bonds is 41. The van der Waals surface area contributed by atoms with E-state index < -0.39 is 25.5 Å². The van der Waals surface area contributed by atoms with Crippen LogP contribution >= 0.6 is 7.57 Å². The third-order valence-electron chi connectivity index (χ3n) is 9.48. The predicted octanol–water partition coefficient (Wildman–Crippen LogP) is 10.0. The average molecular weight is 789 g/mol. The minimum Gasteiger partial charge on any atom is -0.462 e. The first kappa shape index (κ1) is 52.1. The van der Waals surface area contributed by atoms with E-state index in [1.807, 2.05) is 0 Å². The fraction of sp³-hybridized carbons (Fsp3) is 0.881. The Morgan fingerprint density at radius 3 is 1.41 bits per heavy atom. The molecule has 0 rings (SSSR count). The number of hydrogen-bond acceptors (Lipinski definition) is 9. The highest BCUT2D eigenvalue weighted by Crippen LogP contribution is 2.42. The second kappa shape index (κ2) is 38.0. The van der Waals surface area contributed by atoms with E-state index in [0.29, 0.717) is 12.8 Å². The van der Waals surface area contributed by atoms with Gasteiger partial charge in [0.05, 0.1) is 13.2 Å². The molecule has 0 bridgehead atoms. The number of carbonyl (C=O) groups is 4. The van der Waals surface area contributed by atoms with Crippen LogP contribution in [0.3, 0.4) is 0 Å². The van der Waals surface area contributed by atoms with Crippen LogP contribution in [0.15, 0.2) is 0 Å². The standard InChI is InChI=1S/C42H81N2O9P/c1-4-6-8-10-12-14-16-18-20-22-24-26-28-30-41(47)50-36-38(37-52-54(3,49)51-35-34-44-40(46)33-32-39(43)45)53-42(48)31-29-27-25-23-21-19-17-15-13-11-9-7-5-2/h38,49H,3-37H2,1-2H3,(H2,43,45)(H,44,46). The average Bonchev–Trinajstić information content (AvgIpc) is 3.14. The first-order valence-corrected chi connectivity index (χ1v) is 23.5. The Bertz CT molecular complexity index is 981. The van der Waals surface area contributed by atoms with Gasteiger partial charge in [0.2, 0.25) is 19.4 Å². The van der Waals surface area contributed by atoms with Crippen molar-refractivity contribution in [3.63, 3.8) is 0 Å². The molecule has 0 spiro atoms. The van der Waals surface area contributed by atoms with Crippen LogP contribution in [0.2, 0.25) is 0 Å². The first-order chi connectivity index (χ1) is 26.1. The Balaban J connectivity index is 4.49. The number of esters is 2. The van der Waals surface area contributed by atoms with Crippen LogP contribution in [0, 0.1) is 0 Å². The van der Waals surface area contributed by atoms with Crippen LogP contribution in [-0.4, -0.2) is 67.4 Å². The maximum Gasteiger partial charge on any atom is 0.306 e. The van der Waals surface area contributed by atoms with Crippen LogP contribution < -0.4 is 11.1 Å². The maximum atomic E-state index is 12.7. The summed E-state index contributed by atoms with van der Waals surface area (Å²) in [5.41, 5.74) is 5.06. The smallest absolute Gasteiger partial charge is 0.306 e. The molecule has 0 aliphatic rings. The molecule has 0 aromatic rings. The molecule has 0 heterocycles. The lowest BCUT2D eigenvalue weighted by molar-refractivity contribution is -0.161. The van der Waals surface area contributed by atoms with E-state index in [1.165, 1.54) is 128 Å². The Hall–Kier alpha value is -1.94. The number of hydrogen-bond donors (Lipinski definition) is 3. The van der Waals surface area contributed by atoms with Gasteiger partial charge in [-0.1, -0.05) is 168 Å². The molecule has 11 nitrogen and oxygen atoms in total. The van der Waals surface area contributed by atoms with E-state index in [9.17, 15) is 24.1 Å². The SMILES string of the molecule is C=P(O)(OCCNC(=O)CCC(N)=O)OCC(COC(=O)CCCCCCCCCCCCCCC)OC(=O)CCCCCCCCCCCCCCC. The summed E-state index contributed by atoms with van der Waals surface area (Å²) in [6.07, 6.45) is 34.7. The van der Waals surface area contributed by atoms with Gasteiger partial charge in [0, 0.05) is 32.2 Å². The summed E-state index contributed by atoms with van der Waals surface area (Å²) in [7, 11) is -3.58. The lowest BCUT2D eigenvalue weighted by Crippen LogP contribution is -2.30. The van der Waals surface area contributed by atoms with Gasteiger partial charge in [0.1, 0.15) is 6.61 Å². The number of carbonyl (C=O) groups excluding carboxylic acids is 4. The quantitative estimate of drug-likeness (QED) is 0.0311. The van der Waals surface area contributed by atoms with Crippen LogP contribution in [-0.2, 0) is 37.7 Å². The van der Waals surface area contributed by atoms with E-state index in [-0.39, 0.29) is 57.5 Å². The fourth-order valence-electron chi connectivity index (χ4n) is 6.13. The minimum atomic E-state index is -3.58. The van der Waals surface area contributed by atoms with Gasteiger partial charge in [-0.15, -0.1) is 0 Å². The van der Waals surface area contributed by atoms with Crippen molar-refractivity contribution in [2.75, 3.05) is 26.4 Å². The summed E-state index contributed by atoms with van der Waals surface area (Å²) in [4.78, 5) is 58.4.